The molecule has 2 heterocycles. The van der Waals surface area contributed by atoms with E-state index in [0.717, 1.165) is 38.8 Å². The van der Waals surface area contributed by atoms with Crippen molar-refractivity contribution < 1.29 is 14.6 Å². The van der Waals surface area contributed by atoms with Crippen molar-refractivity contribution in [3.8, 4) is 0 Å². The number of rotatable bonds is 6. The average molecular weight is 332 g/mol. The Bertz CT molecular complexity index is 517. The molecule has 0 aliphatic carbocycles. The molecule has 1 amide bonds. The number of amides is 1. The molecule has 0 radical (unpaired) electrons. The number of carbonyl (C=O) groups is 1. The van der Waals surface area contributed by atoms with E-state index in [1.165, 1.54) is 5.56 Å². The van der Waals surface area contributed by atoms with E-state index in [0.29, 0.717) is 19.8 Å². The summed E-state index contributed by atoms with van der Waals surface area (Å²) in [6, 6.07) is 10.2. The van der Waals surface area contributed by atoms with Crippen LogP contribution in [0.4, 0.5) is 0 Å². The van der Waals surface area contributed by atoms with E-state index in [2.05, 4.69) is 22.3 Å². The summed E-state index contributed by atoms with van der Waals surface area (Å²) < 4.78 is 5.32. The monoisotopic (exact) mass is 332 g/mol. The van der Waals surface area contributed by atoms with Gasteiger partial charge in [-0.2, -0.15) is 0 Å². The first-order valence-corrected chi connectivity index (χ1v) is 9.05. The van der Waals surface area contributed by atoms with Crippen LogP contribution in [0.3, 0.4) is 0 Å². The van der Waals surface area contributed by atoms with Crippen molar-refractivity contribution in [1.82, 2.24) is 10.2 Å². The Morgan fingerprint density at radius 3 is 2.75 bits per heavy atom. The van der Waals surface area contributed by atoms with E-state index in [1.54, 1.807) is 0 Å². The molecule has 2 N–H and O–H groups in total. The third-order valence-electron chi connectivity index (χ3n) is 5.19. The molecule has 5 heteroatoms. The smallest absolute Gasteiger partial charge is 0.237 e. The van der Waals surface area contributed by atoms with Crippen molar-refractivity contribution in [1.29, 1.82) is 0 Å². The molecule has 2 atom stereocenters. The molecule has 0 spiro atoms. The van der Waals surface area contributed by atoms with Crippen LogP contribution in [0.5, 0.6) is 0 Å². The lowest BCUT2D eigenvalue weighted by molar-refractivity contribution is -0.126. The van der Waals surface area contributed by atoms with Gasteiger partial charge in [0, 0.05) is 26.3 Å². The molecular formula is C19H28N2O3. The number of ether oxygens (including phenoxy) is 1. The molecule has 0 bridgehead atoms. The van der Waals surface area contributed by atoms with Crippen LogP contribution >= 0.6 is 0 Å². The summed E-state index contributed by atoms with van der Waals surface area (Å²) in [4.78, 5) is 14.8. The summed E-state index contributed by atoms with van der Waals surface area (Å²) in [6.45, 7) is 3.53. The van der Waals surface area contributed by atoms with Crippen molar-refractivity contribution in [2.24, 2.45) is 5.92 Å². The van der Waals surface area contributed by atoms with Crippen LogP contribution in [0.15, 0.2) is 30.3 Å². The number of aliphatic hydroxyl groups excluding tert-OH is 1. The minimum Gasteiger partial charge on any atom is -0.391 e. The fraction of sp³-hybridized carbons (Fsp3) is 0.632. The topological polar surface area (TPSA) is 61.8 Å². The fourth-order valence-corrected chi connectivity index (χ4v) is 3.72. The molecule has 0 unspecified atom stereocenters. The van der Waals surface area contributed by atoms with Crippen molar-refractivity contribution in [3.63, 3.8) is 0 Å². The summed E-state index contributed by atoms with van der Waals surface area (Å²) in [5, 5.41) is 13.2. The van der Waals surface area contributed by atoms with Gasteiger partial charge in [0.1, 0.15) is 0 Å². The Morgan fingerprint density at radius 1 is 1.25 bits per heavy atom. The van der Waals surface area contributed by atoms with Gasteiger partial charge in [-0.05, 0) is 43.7 Å². The van der Waals surface area contributed by atoms with E-state index in [-0.39, 0.29) is 17.9 Å². The molecule has 0 saturated carbocycles. The highest BCUT2D eigenvalue weighted by Gasteiger charge is 2.31. The second-order valence-corrected chi connectivity index (χ2v) is 6.88. The van der Waals surface area contributed by atoms with Gasteiger partial charge in [-0.1, -0.05) is 30.3 Å². The maximum atomic E-state index is 12.5. The first kappa shape index (κ1) is 17.4. The zero-order valence-electron chi connectivity index (χ0n) is 14.2. The first-order chi connectivity index (χ1) is 11.7. The molecule has 132 valence electrons. The number of benzene rings is 1. The summed E-state index contributed by atoms with van der Waals surface area (Å²) in [7, 11) is 0. The van der Waals surface area contributed by atoms with Crippen LogP contribution in [0.2, 0.25) is 0 Å². The third-order valence-corrected chi connectivity index (χ3v) is 5.19. The minimum atomic E-state index is -0.471. The van der Waals surface area contributed by atoms with Gasteiger partial charge in [0.2, 0.25) is 5.91 Å². The predicted octanol–water partition coefficient (Wildman–Crippen LogP) is 1.55. The second-order valence-electron chi connectivity index (χ2n) is 6.88. The molecular weight excluding hydrogens is 304 g/mol. The Kier molecular flexibility index (Phi) is 6.24. The Hall–Kier alpha value is -1.43. The number of nitrogens with zero attached hydrogens (tertiary/aromatic N) is 1. The van der Waals surface area contributed by atoms with Gasteiger partial charge in [0.25, 0.3) is 0 Å². The number of hydrogen-bond acceptors (Lipinski definition) is 4. The molecule has 0 aromatic heterocycles. The van der Waals surface area contributed by atoms with Gasteiger partial charge in [-0.15, -0.1) is 0 Å². The van der Waals surface area contributed by atoms with Gasteiger partial charge in [0.15, 0.2) is 0 Å². The highest BCUT2D eigenvalue weighted by Crippen LogP contribution is 2.21. The number of carbonyl (C=O) groups excluding carboxylic acids is 1. The van der Waals surface area contributed by atoms with Crippen LogP contribution < -0.4 is 5.32 Å². The zero-order chi connectivity index (χ0) is 16.8. The lowest BCUT2D eigenvalue weighted by atomic mass is 9.94. The van der Waals surface area contributed by atoms with Gasteiger partial charge >= 0.3 is 0 Å². The van der Waals surface area contributed by atoms with Crippen LogP contribution in [0, 0.1) is 5.92 Å². The standard InChI is InChI=1S/C19H28N2O3/c22-18(16-8-11-24-12-9-16)13-20-19(23)17-7-4-10-21(17)14-15-5-2-1-3-6-15/h1-3,5-6,16-18,22H,4,7-14H2,(H,20,23)/t17-,18+/m1/s1. The molecule has 1 aromatic carbocycles. The van der Waals surface area contributed by atoms with Gasteiger partial charge < -0.3 is 15.2 Å². The van der Waals surface area contributed by atoms with Crippen molar-refractivity contribution in [3.05, 3.63) is 35.9 Å². The molecule has 3 rings (SSSR count). The van der Waals surface area contributed by atoms with E-state index in [9.17, 15) is 9.90 Å². The number of nitrogens with one attached hydrogen (secondary N) is 1. The van der Waals surface area contributed by atoms with Crippen molar-refractivity contribution in [2.45, 2.75) is 44.4 Å². The zero-order valence-corrected chi connectivity index (χ0v) is 14.2. The molecule has 2 saturated heterocycles. The maximum absolute atomic E-state index is 12.5. The minimum absolute atomic E-state index is 0.0505. The molecule has 2 aliphatic rings. The third kappa shape index (κ3) is 4.56. The van der Waals surface area contributed by atoms with Gasteiger partial charge in [0.05, 0.1) is 12.1 Å². The molecule has 1 aromatic rings. The van der Waals surface area contributed by atoms with Crippen LogP contribution in [-0.4, -0.2) is 54.4 Å². The molecule has 5 nitrogen and oxygen atoms in total. The maximum Gasteiger partial charge on any atom is 0.237 e. The molecule has 2 aliphatic heterocycles. The largest absolute Gasteiger partial charge is 0.391 e. The van der Waals surface area contributed by atoms with Crippen LogP contribution in [-0.2, 0) is 16.1 Å². The SMILES string of the molecule is O=C(NC[C@H](O)C1CCOCC1)[C@H]1CCCN1Cc1ccccc1. The summed E-state index contributed by atoms with van der Waals surface area (Å²) >= 11 is 0. The fourth-order valence-electron chi connectivity index (χ4n) is 3.72. The van der Waals surface area contributed by atoms with Crippen molar-refractivity contribution in [2.75, 3.05) is 26.3 Å². The normalized spacial score (nSPS) is 24.0. The van der Waals surface area contributed by atoms with Gasteiger partial charge in [-0.3, -0.25) is 9.69 Å². The first-order valence-electron chi connectivity index (χ1n) is 9.05. The van der Waals surface area contributed by atoms with Gasteiger partial charge in [-0.25, -0.2) is 0 Å². The van der Waals surface area contributed by atoms with Crippen molar-refractivity contribution >= 4 is 5.91 Å². The van der Waals surface area contributed by atoms with Crippen LogP contribution in [0.1, 0.15) is 31.2 Å². The van der Waals surface area contributed by atoms with Crippen LogP contribution in [0.25, 0.3) is 0 Å². The predicted molar refractivity (Wildman–Crippen MR) is 92.4 cm³/mol. The molecule has 24 heavy (non-hydrogen) atoms. The number of aliphatic hydroxyl groups is 1. The molecule has 2 fully saturated rings. The second kappa shape index (κ2) is 8.60. The van der Waals surface area contributed by atoms with E-state index < -0.39 is 6.10 Å². The van der Waals surface area contributed by atoms with E-state index in [4.69, 9.17) is 4.74 Å². The van der Waals surface area contributed by atoms with E-state index in [1.807, 2.05) is 18.2 Å². The summed E-state index contributed by atoms with van der Waals surface area (Å²) in [6.07, 6.45) is 3.22. The summed E-state index contributed by atoms with van der Waals surface area (Å²) in [5.74, 6) is 0.289. The lowest BCUT2D eigenvalue weighted by Crippen LogP contribution is -2.46. The quantitative estimate of drug-likeness (QED) is 0.830. The Labute approximate surface area is 144 Å². The van der Waals surface area contributed by atoms with E-state index >= 15 is 0 Å². The highest BCUT2D eigenvalue weighted by atomic mass is 16.5. The summed E-state index contributed by atoms with van der Waals surface area (Å²) in [5.41, 5.74) is 1.24. The average Bonchev–Trinajstić information content (AvgIpc) is 3.09. The Balaban J connectivity index is 1.48. The lowest BCUT2D eigenvalue weighted by Gasteiger charge is -2.28. The number of hydrogen-bond donors (Lipinski definition) is 2. The number of likely N-dealkylation sites (tertiary alicyclic amines) is 1. The highest BCUT2D eigenvalue weighted by molar-refractivity contribution is 5.82. The Morgan fingerprint density at radius 2 is 2.00 bits per heavy atom.